The molecule has 23 heavy (non-hydrogen) atoms. The molecule has 2 rings (SSSR count). The van der Waals surface area contributed by atoms with Crippen LogP contribution in [-0.2, 0) is 14.8 Å². The van der Waals surface area contributed by atoms with Crippen LogP contribution in [0.4, 0.5) is 11.5 Å². The van der Waals surface area contributed by atoms with E-state index in [0.717, 1.165) is 11.3 Å². The second-order valence-electron chi connectivity index (χ2n) is 5.23. The molecule has 0 saturated carbocycles. The Morgan fingerprint density at radius 1 is 1.17 bits per heavy atom. The van der Waals surface area contributed by atoms with Gasteiger partial charge in [0, 0.05) is 13.7 Å². The molecule has 0 aliphatic heterocycles. The van der Waals surface area contributed by atoms with E-state index in [4.69, 9.17) is 4.74 Å². The maximum absolute atomic E-state index is 12.4. The van der Waals surface area contributed by atoms with Gasteiger partial charge in [0.15, 0.2) is 0 Å². The Morgan fingerprint density at radius 2 is 1.96 bits per heavy atom. The quantitative estimate of drug-likeness (QED) is 0.760. The molecule has 0 radical (unpaired) electrons. The molecule has 6 nitrogen and oxygen atoms in total. The van der Waals surface area contributed by atoms with Crippen molar-refractivity contribution in [3.63, 3.8) is 0 Å². The summed E-state index contributed by atoms with van der Waals surface area (Å²) in [5, 5.41) is 3.12. The number of hydrogen-bond donors (Lipinski definition) is 2. The maximum Gasteiger partial charge on any atom is 0.263 e. The highest BCUT2D eigenvalue weighted by Gasteiger charge is 2.17. The van der Waals surface area contributed by atoms with Gasteiger partial charge in [-0.2, -0.15) is 0 Å². The molecule has 0 saturated heterocycles. The van der Waals surface area contributed by atoms with Crippen molar-refractivity contribution in [2.45, 2.75) is 18.7 Å². The van der Waals surface area contributed by atoms with E-state index in [1.165, 1.54) is 0 Å². The van der Waals surface area contributed by atoms with Crippen LogP contribution in [0.1, 0.15) is 11.1 Å². The lowest BCUT2D eigenvalue weighted by atomic mass is 10.2. The monoisotopic (exact) mass is 335 g/mol. The van der Waals surface area contributed by atoms with Gasteiger partial charge in [0.2, 0.25) is 0 Å². The van der Waals surface area contributed by atoms with Crippen LogP contribution in [0.2, 0.25) is 0 Å². The average molecular weight is 335 g/mol. The van der Waals surface area contributed by atoms with Gasteiger partial charge in [-0.05, 0) is 37.6 Å². The summed E-state index contributed by atoms with van der Waals surface area (Å²) < 4.78 is 32.3. The Morgan fingerprint density at radius 3 is 2.57 bits per heavy atom. The molecule has 0 fully saturated rings. The first-order valence-corrected chi connectivity index (χ1v) is 8.69. The molecular formula is C16H21N3O3S. The van der Waals surface area contributed by atoms with Crippen molar-refractivity contribution in [2.24, 2.45) is 0 Å². The van der Waals surface area contributed by atoms with E-state index in [-0.39, 0.29) is 10.7 Å². The van der Waals surface area contributed by atoms with Crippen LogP contribution in [0.15, 0.2) is 41.4 Å². The lowest BCUT2D eigenvalue weighted by molar-refractivity contribution is 0.211. The number of nitrogens with one attached hydrogen (secondary N) is 2. The van der Waals surface area contributed by atoms with Crippen molar-refractivity contribution in [3.05, 3.63) is 47.7 Å². The zero-order chi connectivity index (χ0) is 16.9. The number of ether oxygens (including phenoxy) is 1. The van der Waals surface area contributed by atoms with E-state index < -0.39 is 10.0 Å². The predicted molar refractivity (Wildman–Crippen MR) is 91.3 cm³/mol. The van der Waals surface area contributed by atoms with E-state index in [1.807, 2.05) is 13.0 Å². The fourth-order valence-corrected chi connectivity index (χ4v) is 3.39. The highest BCUT2D eigenvalue weighted by molar-refractivity contribution is 7.92. The van der Waals surface area contributed by atoms with Crippen LogP contribution >= 0.6 is 0 Å². The minimum absolute atomic E-state index is 0.257. The minimum Gasteiger partial charge on any atom is -0.383 e. The molecule has 124 valence electrons. The van der Waals surface area contributed by atoms with Crippen molar-refractivity contribution >= 4 is 21.5 Å². The number of rotatable bonds is 7. The van der Waals surface area contributed by atoms with E-state index in [0.29, 0.717) is 18.7 Å². The third-order valence-corrected chi connectivity index (χ3v) is 4.77. The topological polar surface area (TPSA) is 80.3 Å². The summed E-state index contributed by atoms with van der Waals surface area (Å²) >= 11 is 0. The van der Waals surface area contributed by atoms with Gasteiger partial charge < -0.3 is 10.1 Å². The van der Waals surface area contributed by atoms with Crippen LogP contribution in [0, 0.1) is 13.8 Å². The highest BCUT2D eigenvalue weighted by Crippen LogP contribution is 2.20. The second kappa shape index (κ2) is 7.43. The zero-order valence-electron chi connectivity index (χ0n) is 13.5. The molecule has 0 spiro atoms. The number of sulfonamides is 1. The van der Waals surface area contributed by atoms with E-state index in [2.05, 4.69) is 15.0 Å². The third kappa shape index (κ3) is 4.67. The Hall–Kier alpha value is -2.12. The standard InChI is InChI=1S/C16H21N3O3S/c1-12-4-6-15(13(2)10-12)23(20,21)19-16-7-5-14(11-18-16)17-8-9-22-3/h4-7,10-11,17H,8-9H2,1-3H3,(H,18,19). The highest BCUT2D eigenvalue weighted by atomic mass is 32.2. The third-order valence-electron chi connectivity index (χ3n) is 3.26. The predicted octanol–water partition coefficient (Wildman–Crippen LogP) is 2.56. The number of anilines is 2. The fraction of sp³-hybridized carbons (Fsp3) is 0.312. The number of aryl methyl sites for hydroxylation is 2. The number of hydrogen-bond acceptors (Lipinski definition) is 5. The fourth-order valence-electron chi connectivity index (χ4n) is 2.15. The summed E-state index contributed by atoms with van der Waals surface area (Å²) in [5.41, 5.74) is 2.53. The van der Waals surface area contributed by atoms with Gasteiger partial charge in [-0.1, -0.05) is 17.7 Å². The Labute approximate surface area is 137 Å². The molecule has 0 aliphatic carbocycles. The summed E-state index contributed by atoms with van der Waals surface area (Å²) in [6.45, 7) is 4.94. The number of benzene rings is 1. The second-order valence-corrected chi connectivity index (χ2v) is 6.88. The molecule has 0 atom stereocenters. The van der Waals surface area contributed by atoms with Crippen molar-refractivity contribution < 1.29 is 13.2 Å². The van der Waals surface area contributed by atoms with Crippen molar-refractivity contribution in [3.8, 4) is 0 Å². The molecule has 1 aromatic heterocycles. The van der Waals surface area contributed by atoms with Crippen LogP contribution in [0.5, 0.6) is 0 Å². The van der Waals surface area contributed by atoms with Gasteiger partial charge in [0.05, 0.1) is 23.4 Å². The summed E-state index contributed by atoms with van der Waals surface area (Å²) in [5.74, 6) is 0.280. The molecule has 2 N–H and O–H groups in total. The van der Waals surface area contributed by atoms with Crippen molar-refractivity contribution in [2.75, 3.05) is 30.3 Å². The molecule has 1 aromatic carbocycles. The number of aromatic nitrogens is 1. The Kier molecular flexibility index (Phi) is 5.57. The number of nitrogens with zero attached hydrogens (tertiary/aromatic N) is 1. The van der Waals surface area contributed by atoms with Crippen LogP contribution < -0.4 is 10.0 Å². The van der Waals surface area contributed by atoms with Crippen molar-refractivity contribution in [1.29, 1.82) is 0 Å². The molecule has 0 bridgehead atoms. The summed E-state index contributed by atoms with van der Waals surface area (Å²) in [6, 6.07) is 8.61. The first kappa shape index (κ1) is 17.2. The largest absolute Gasteiger partial charge is 0.383 e. The maximum atomic E-state index is 12.4. The lowest BCUT2D eigenvalue weighted by Gasteiger charge is -2.11. The summed E-state index contributed by atoms with van der Waals surface area (Å²) in [7, 11) is -2.02. The first-order chi connectivity index (χ1) is 10.9. The van der Waals surface area contributed by atoms with E-state index in [1.54, 1.807) is 44.5 Å². The lowest BCUT2D eigenvalue weighted by Crippen LogP contribution is -2.15. The molecule has 0 aliphatic rings. The molecule has 2 aromatic rings. The van der Waals surface area contributed by atoms with Gasteiger partial charge in [-0.15, -0.1) is 0 Å². The first-order valence-electron chi connectivity index (χ1n) is 7.21. The van der Waals surface area contributed by atoms with Gasteiger partial charge >= 0.3 is 0 Å². The molecule has 1 heterocycles. The number of methoxy groups -OCH3 is 1. The molecule has 0 unspecified atom stereocenters. The summed E-state index contributed by atoms with van der Waals surface area (Å²) in [6.07, 6.45) is 1.58. The van der Waals surface area contributed by atoms with E-state index in [9.17, 15) is 8.42 Å². The van der Waals surface area contributed by atoms with Crippen LogP contribution in [0.25, 0.3) is 0 Å². The van der Waals surface area contributed by atoms with Crippen LogP contribution in [0.3, 0.4) is 0 Å². The zero-order valence-corrected chi connectivity index (χ0v) is 14.3. The van der Waals surface area contributed by atoms with Gasteiger partial charge in [-0.3, -0.25) is 4.72 Å². The Bertz CT molecular complexity index is 759. The van der Waals surface area contributed by atoms with Crippen molar-refractivity contribution in [1.82, 2.24) is 4.98 Å². The van der Waals surface area contributed by atoms with E-state index >= 15 is 0 Å². The van der Waals surface area contributed by atoms with Gasteiger partial charge in [-0.25, -0.2) is 13.4 Å². The Balaban J connectivity index is 2.11. The molecule has 7 heteroatoms. The minimum atomic E-state index is -3.65. The molecule has 0 amide bonds. The molecular weight excluding hydrogens is 314 g/mol. The average Bonchev–Trinajstić information content (AvgIpc) is 2.48. The van der Waals surface area contributed by atoms with Gasteiger partial charge in [0.25, 0.3) is 10.0 Å². The number of pyridine rings is 1. The summed E-state index contributed by atoms with van der Waals surface area (Å²) in [4.78, 5) is 4.38. The normalized spacial score (nSPS) is 11.3. The SMILES string of the molecule is COCCNc1ccc(NS(=O)(=O)c2ccc(C)cc2C)nc1. The van der Waals surface area contributed by atoms with Crippen LogP contribution in [-0.4, -0.2) is 33.7 Å². The van der Waals surface area contributed by atoms with Gasteiger partial charge in [0.1, 0.15) is 5.82 Å². The smallest absolute Gasteiger partial charge is 0.263 e.